The standard InChI is InChI=1S/C21H21N5O5/c1-26-10-17(31-16-5-3-12(9-22)7-15(16)26)19(27)24-18-6-4-13(20(25-18)29-2)8-14-11-30-21(28)23-14/h3-7,14,17H,8,10-11H2,1-2H3,(H,23,28)(H,24,25,27)/t14-,17?/m0/s1. The third-order valence-electron chi connectivity index (χ3n) is 5.09. The van der Waals surface area contributed by atoms with E-state index in [-0.39, 0.29) is 18.6 Å². The van der Waals surface area contributed by atoms with Crippen molar-refractivity contribution in [1.29, 1.82) is 5.26 Å². The number of alkyl carbamates (subject to hydrolysis) is 1. The molecule has 1 aromatic carbocycles. The van der Waals surface area contributed by atoms with E-state index < -0.39 is 12.2 Å². The number of carbonyl (C=O) groups excluding carboxylic acids is 2. The molecular formula is C21H21N5O5. The number of benzene rings is 1. The number of anilines is 2. The summed E-state index contributed by atoms with van der Waals surface area (Å²) in [6.45, 7) is 0.606. The molecule has 10 nitrogen and oxygen atoms in total. The summed E-state index contributed by atoms with van der Waals surface area (Å²) >= 11 is 0. The minimum absolute atomic E-state index is 0.156. The van der Waals surface area contributed by atoms with Crippen LogP contribution in [0.25, 0.3) is 0 Å². The number of ether oxygens (including phenoxy) is 3. The van der Waals surface area contributed by atoms with Gasteiger partial charge in [-0.1, -0.05) is 0 Å². The van der Waals surface area contributed by atoms with Crippen molar-refractivity contribution in [1.82, 2.24) is 10.3 Å². The van der Waals surface area contributed by atoms with Crippen molar-refractivity contribution in [3.05, 3.63) is 41.5 Å². The fraction of sp³-hybridized carbons (Fsp3) is 0.333. The first-order chi connectivity index (χ1) is 15.0. The summed E-state index contributed by atoms with van der Waals surface area (Å²) in [5, 5.41) is 14.5. The van der Waals surface area contributed by atoms with Gasteiger partial charge in [0.15, 0.2) is 6.10 Å². The number of hydrogen-bond acceptors (Lipinski definition) is 8. The Morgan fingerprint density at radius 2 is 2.26 bits per heavy atom. The van der Waals surface area contributed by atoms with Crippen LogP contribution in [0.15, 0.2) is 30.3 Å². The molecule has 0 radical (unpaired) electrons. The lowest BCUT2D eigenvalue weighted by atomic mass is 10.1. The third kappa shape index (κ3) is 4.30. The van der Waals surface area contributed by atoms with E-state index in [4.69, 9.17) is 19.5 Å². The van der Waals surface area contributed by atoms with E-state index in [1.54, 1.807) is 30.3 Å². The van der Waals surface area contributed by atoms with Crippen molar-refractivity contribution in [3.63, 3.8) is 0 Å². The highest BCUT2D eigenvalue weighted by Gasteiger charge is 2.30. The van der Waals surface area contributed by atoms with Crippen LogP contribution in [0.3, 0.4) is 0 Å². The van der Waals surface area contributed by atoms with Crippen molar-refractivity contribution in [2.24, 2.45) is 0 Å². The highest BCUT2D eigenvalue weighted by atomic mass is 16.6. The van der Waals surface area contributed by atoms with Gasteiger partial charge in [-0.2, -0.15) is 10.2 Å². The predicted octanol–water partition coefficient (Wildman–Crippen LogP) is 1.45. The van der Waals surface area contributed by atoms with Crippen LogP contribution in [0.4, 0.5) is 16.3 Å². The van der Waals surface area contributed by atoms with Crippen LogP contribution in [0.5, 0.6) is 11.6 Å². The molecule has 1 unspecified atom stereocenters. The summed E-state index contributed by atoms with van der Waals surface area (Å²) in [6, 6.07) is 10.5. The molecule has 2 aliphatic heterocycles. The first-order valence-electron chi connectivity index (χ1n) is 9.67. The van der Waals surface area contributed by atoms with E-state index in [0.717, 1.165) is 11.3 Å². The minimum Gasteiger partial charge on any atom is -0.481 e. The van der Waals surface area contributed by atoms with E-state index in [1.165, 1.54) is 7.11 Å². The fourth-order valence-corrected chi connectivity index (χ4v) is 3.54. The lowest BCUT2D eigenvalue weighted by molar-refractivity contribution is -0.122. The second-order valence-electron chi connectivity index (χ2n) is 7.28. The smallest absolute Gasteiger partial charge is 0.407 e. The van der Waals surface area contributed by atoms with E-state index in [9.17, 15) is 9.59 Å². The number of hydrogen-bond donors (Lipinski definition) is 2. The van der Waals surface area contributed by atoms with Gasteiger partial charge in [0.25, 0.3) is 5.91 Å². The third-order valence-corrected chi connectivity index (χ3v) is 5.09. The van der Waals surface area contributed by atoms with E-state index in [1.807, 2.05) is 11.9 Å². The molecule has 0 aliphatic carbocycles. The first-order valence-corrected chi connectivity index (χ1v) is 9.67. The number of rotatable bonds is 5. The summed E-state index contributed by atoms with van der Waals surface area (Å²) < 4.78 is 16.1. The van der Waals surface area contributed by atoms with Crippen LogP contribution in [0.2, 0.25) is 0 Å². The molecular weight excluding hydrogens is 402 g/mol. The van der Waals surface area contributed by atoms with Gasteiger partial charge >= 0.3 is 6.09 Å². The van der Waals surface area contributed by atoms with Crippen molar-refractivity contribution >= 4 is 23.5 Å². The molecule has 0 bridgehead atoms. The molecule has 1 saturated heterocycles. The molecule has 1 fully saturated rings. The maximum Gasteiger partial charge on any atom is 0.407 e. The Labute approximate surface area is 178 Å². The predicted molar refractivity (Wildman–Crippen MR) is 110 cm³/mol. The number of likely N-dealkylation sites (N-methyl/N-ethyl adjacent to an activating group) is 1. The van der Waals surface area contributed by atoms with Crippen molar-refractivity contribution in [3.8, 4) is 17.7 Å². The molecule has 2 atom stereocenters. The Bertz CT molecular complexity index is 1070. The number of nitrogens with one attached hydrogen (secondary N) is 2. The Morgan fingerprint density at radius 1 is 1.42 bits per heavy atom. The average Bonchev–Trinajstić information content (AvgIpc) is 3.19. The minimum atomic E-state index is -0.747. The number of methoxy groups -OCH3 is 1. The van der Waals surface area contributed by atoms with Gasteiger partial charge in [-0.25, -0.2) is 4.79 Å². The van der Waals surface area contributed by atoms with Gasteiger partial charge in [-0.05, 0) is 30.3 Å². The number of cyclic esters (lactones) is 1. The van der Waals surface area contributed by atoms with Crippen LogP contribution in [-0.2, 0) is 16.0 Å². The van der Waals surface area contributed by atoms with Gasteiger partial charge in [0.05, 0.1) is 37.0 Å². The quantitative estimate of drug-likeness (QED) is 0.740. The van der Waals surface area contributed by atoms with Crippen molar-refractivity contribution < 1.29 is 23.8 Å². The summed E-state index contributed by atoms with van der Waals surface area (Å²) in [6.07, 6.45) is -0.693. The highest BCUT2D eigenvalue weighted by Crippen LogP contribution is 2.33. The molecule has 4 rings (SSSR count). The van der Waals surface area contributed by atoms with Crippen molar-refractivity contribution in [2.75, 3.05) is 37.5 Å². The van der Waals surface area contributed by atoms with Crippen molar-refractivity contribution in [2.45, 2.75) is 18.6 Å². The maximum atomic E-state index is 12.8. The summed E-state index contributed by atoms with van der Waals surface area (Å²) in [5.74, 6) is 0.874. The summed E-state index contributed by atoms with van der Waals surface area (Å²) in [5.41, 5.74) is 2.07. The Balaban J connectivity index is 1.44. The molecule has 2 amide bonds. The topological polar surface area (TPSA) is 126 Å². The number of amides is 2. The molecule has 2 aromatic rings. The summed E-state index contributed by atoms with van der Waals surface area (Å²) in [4.78, 5) is 30.2. The normalized spacial score (nSPS) is 19.4. The number of aromatic nitrogens is 1. The number of carbonyl (C=O) groups is 2. The SMILES string of the molecule is COc1nc(NC(=O)C2CN(C)c3cc(C#N)ccc3O2)ccc1C[C@H]1COC(=O)N1. The van der Waals surface area contributed by atoms with Crippen LogP contribution in [0, 0.1) is 11.3 Å². The fourth-order valence-electron chi connectivity index (χ4n) is 3.54. The van der Waals surface area contributed by atoms with Crippen LogP contribution in [0.1, 0.15) is 11.1 Å². The second kappa shape index (κ2) is 8.39. The molecule has 2 N–H and O–H groups in total. The number of nitriles is 1. The van der Waals surface area contributed by atoms with E-state index >= 15 is 0 Å². The highest BCUT2D eigenvalue weighted by molar-refractivity contribution is 5.94. The van der Waals surface area contributed by atoms with Crippen LogP contribution < -0.4 is 25.0 Å². The number of fused-ring (bicyclic) bond motifs is 1. The van der Waals surface area contributed by atoms with Gasteiger partial charge < -0.3 is 29.7 Å². The molecule has 160 valence electrons. The lowest BCUT2D eigenvalue weighted by Crippen LogP contribution is -2.45. The Hall–Kier alpha value is -4.00. The molecule has 3 heterocycles. The first kappa shape index (κ1) is 20.3. The molecule has 0 saturated carbocycles. The molecule has 2 aliphatic rings. The largest absolute Gasteiger partial charge is 0.481 e. The lowest BCUT2D eigenvalue weighted by Gasteiger charge is -2.33. The molecule has 0 spiro atoms. The molecule has 31 heavy (non-hydrogen) atoms. The van der Waals surface area contributed by atoms with Gasteiger partial charge in [-0.15, -0.1) is 0 Å². The Morgan fingerprint density at radius 3 is 2.97 bits per heavy atom. The zero-order valence-corrected chi connectivity index (χ0v) is 17.0. The van der Waals surface area contributed by atoms with Gasteiger partial charge in [-0.3, -0.25) is 4.79 Å². The second-order valence-corrected chi connectivity index (χ2v) is 7.28. The molecule has 10 heteroatoms. The monoisotopic (exact) mass is 423 g/mol. The van der Waals surface area contributed by atoms with Crippen LogP contribution >= 0.6 is 0 Å². The average molecular weight is 423 g/mol. The van der Waals surface area contributed by atoms with E-state index in [2.05, 4.69) is 21.7 Å². The zero-order valence-electron chi connectivity index (χ0n) is 17.0. The Kier molecular flexibility index (Phi) is 5.49. The maximum absolute atomic E-state index is 12.8. The summed E-state index contributed by atoms with van der Waals surface area (Å²) in [7, 11) is 3.33. The van der Waals surface area contributed by atoms with Crippen LogP contribution in [-0.4, -0.2) is 56.4 Å². The number of pyridine rings is 1. The zero-order chi connectivity index (χ0) is 22.0. The van der Waals surface area contributed by atoms with Gasteiger partial charge in [0.2, 0.25) is 5.88 Å². The van der Waals surface area contributed by atoms with Gasteiger partial charge in [0, 0.05) is 19.0 Å². The number of nitrogens with zero attached hydrogens (tertiary/aromatic N) is 3. The van der Waals surface area contributed by atoms with E-state index in [0.29, 0.717) is 36.0 Å². The molecule has 1 aromatic heterocycles. The van der Waals surface area contributed by atoms with Gasteiger partial charge in [0.1, 0.15) is 18.2 Å².